The van der Waals surface area contributed by atoms with Gasteiger partial charge >= 0.3 is 0 Å². The van der Waals surface area contributed by atoms with Gasteiger partial charge in [-0.25, -0.2) is 0 Å². The highest BCUT2D eigenvalue weighted by atomic mass is 28.3. The lowest BCUT2D eigenvalue weighted by atomic mass is 9.82. The molecule has 0 aromatic rings. The van der Waals surface area contributed by atoms with Gasteiger partial charge in [0.1, 0.15) is 0 Å². The summed E-state index contributed by atoms with van der Waals surface area (Å²) in [4.78, 5) is 0. The Labute approximate surface area is 109 Å². The molecule has 1 saturated heterocycles. The average Bonchev–Trinajstić information content (AvgIpc) is 2.15. The number of hydrogen-bond donors (Lipinski definition) is 1. The SMILES string of the molecule is CC(C)CNCC1(C[Si](C)(C)C)CCOCC1. The highest BCUT2D eigenvalue weighted by molar-refractivity contribution is 6.76. The lowest BCUT2D eigenvalue weighted by Gasteiger charge is -2.41. The predicted molar refractivity (Wildman–Crippen MR) is 78.3 cm³/mol. The van der Waals surface area contributed by atoms with Crippen LogP contribution in [-0.4, -0.2) is 34.4 Å². The molecule has 2 nitrogen and oxygen atoms in total. The molecular weight excluding hydrogens is 226 g/mol. The summed E-state index contributed by atoms with van der Waals surface area (Å²) in [6.45, 7) is 16.3. The third-order valence-corrected chi connectivity index (χ3v) is 5.32. The second-order valence-corrected chi connectivity index (χ2v) is 12.8. The molecule has 102 valence electrons. The number of nitrogens with one attached hydrogen (secondary N) is 1. The normalized spacial score (nSPS) is 20.8. The first-order valence-corrected chi connectivity index (χ1v) is 10.8. The van der Waals surface area contributed by atoms with Crippen LogP contribution in [0.3, 0.4) is 0 Å². The van der Waals surface area contributed by atoms with E-state index in [4.69, 9.17) is 4.74 Å². The van der Waals surface area contributed by atoms with E-state index in [1.54, 1.807) is 0 Å². The van der Waals surface area contributed by atoms with Crippen LogP contribution >= 0.6 is 0 Å². The minimum atomic E-state index is -0.990. The van der Waals surface area contributed by atoms with Crippen LogP contribution < -0.4 is 5.32 Å². The molecule has 17 heavy (non-hydrogen) atoms. The van der Waals surface area contributed by atoms with Gasteiger partial charge in [0, 0.05) is 27.8 Å². The molecule has 0 unspecified atom stereocenters. The van der Waals surface area contributed by atoms with E-state index in [9.17, 15) is 0 Å². The van der Waals surface area contributed by atoms with Crippen molar-refractivity contribution in [3.8, 4) is 0 Å². The minimum Gasteiger partial charge on any atom is -0.381 e. The van der Waals surface area contributed by atoms with Crippen LogP contribution in [0.1, 0.15) is 26.7 Å². The van der Waals surface area contributed by atoms with Crippen LogP contribution in [0.5, 0.6) is 0 Å². The van der Waals surface area contributed by atoms with Crippen molar-refractivity contribution in [2.75, 3.05) is 26.3 Å². The van der Waals surface area contributed by atoms with Crippen molar-refractivity contribution >= 4 is 8.07 Å². The summed E-state index contributed by atoms with van der Waals surface area (Å²) in [6, 6.07) is 1.44. The molecule has 0 amide bonds. The topological polar surface area (TPSA) is 21.3 Å². The zero-order chi connectivity index (χ0) is 12.9. The van der Waals surface area contributed by atoms with Gasteiger partial charge in [-0.2, -0.15) is 0 Å². The lowest BCUT2D eigenvalue weighted by Crippen LogP contribution is -2.44. The fourth-order valence-corrected chi connectivity index (χ4v) is 5.70. The third-order valence-electron chi connectivity index (χ3n) is 3.51. The lowest BCUT2D eigenvalue weighted by molar-refractivity contribution is 0.0233. The largest absolute Gasteiger partial charge is 0.381 e. The summed E-state index contributed by atoms with van der Waals surface area (Å²) < 4.78 is 5.55. The Morgan fingerprint density at radius 2 is 1.76 bits per heavy atom. The molecule has 0 spiro atoms. The van der Waals surface area contributed by atoms with Crippen molar-refractivity contribution in [1.82, 2.24) is 5.32 Å². The summed E-state index contributed by atoms with van der Waals surface area (Å²) in [5.74, 6) is 0.749. The van der Waals surface area contributed by atoms with Gasteiger partial charge in [-0.3, -0.25) is 0 Å². The molecule has 1 aliphatic rings. The van der Waals surface area contributed by atoms with Gasteiger partial charge < -0.3 is 10.1 Å². The van der Waals surface area contributed by atoms with Crippen molar-refractivity contribution in [2.45, 2.75) is 52.4 Å². The Morgan fingerprint density at radius 3 is 2.24 bits per heavy atom. The first-order chi connectivity index (χ1) is 7.83. The molecule has 1 rings (SSSR count). The van der Waals surface area contributed by atoms with E-state index in [-0.39, 0.29) is 0 Å². The Kier molecular flexibility index (Phi) is 5.67. The minimum absolute atomic E-state index is 0.525. The molecule has 0 atom stereocenters. The predicted octanol–water partition coefficient (Wildman–Crippen LogP) is 3.37. The fraction of sp³-hybridized carbons (Fsp3) is 1.00. The number of rotatable bonds is 6. The smallest absolute Gasteiger partial charge is 0.0471 e. The zero-order valence-electron chi connectivity index (χ0n) is 12.4. The zero-order valence-corrected chi connectivity index (χ0v) is 13.4. The molecule has 0 radical (unpaired) electrons. The molecule has 0 aromatic carbocycles. The van der Waals surface area contributed by atoms with Crippen LogP contribution in [0, 0.1) is 11.3 Å². The van der Waals surface area contributed by atoms with Crippen molar-refractivity contribution in [2.24, 2.45) is 11.3 Å². The maximum absolute atomic E-state index is 5.55. The maximum Gasteiger partial charge on any atom is 0.0471 e. The van der Waals surface area contributed by atoms with E-state index in [1.165, 1.54) is 25.4 Å². The van der Waals surface area contributed by atoms with Crippen LogP contribution in [0.15, 0.2) is 0 Å². The molecule has 3 heteroatoms. The summed E-state index contributed by atoms with van der Waals surface area (Å²) in [7, 11) is -0.990. The highest BCUT2D eigenvalue weighted by Gasteiger charge is 2.36. The standard InChI is InChI=1S/C14H31NOSi/c1-13(2)10-15-11-14(12-17(3,4)5)6-8-16-9-7-14/h13,15H,6-12H2,1-5H3. The van der Waals surface area contributed by atoms with Crippen molar-refractivity contribution in [1.29, 1.82) is 0 Å². The van der Waals surface area contributed by atoms with Crippen molar-refractivity contribution in [3.05, 3.63) is 0 Å². The molecule has 1 fully saturated rings. The maximum atomic E-state index is 5.55. The van der Waals surface area contributed by atoms with Crippen molar-refractivity contribution < 1.29 is 4.74 Å². The van der Waals surface area contributed by atoms with Gasteiger partial charge in [0.2, 0.25) is 0 Å². The van der Waals surface area contributed by atoms with Crippen LogP contribution in [0.25, 0.3) is 0 Å². The molecule has 1 N–H and O–H groups in total. The quantitative estimate of drug-likeness (QED) is 0.737. The van der Waals surface area contributed by atoms with Crippen LogP contribution in [0.2, 0.25) is 25.7 Å². The average molecular weight is 257 g/mol. The third kappa shape index (κ3) is 6.02. The van der Waals surface area contributed by atoms with Crippen molar-refractivity contribution in [3.63, 3.8) is 0 Å². The van der Waals surface area contributed by atoms with E-state index in [0.717, 1.165) is 25.7 Å². The Hall–Kier alpha value is 0.137. The summed E-state index contributed by atoms with van der Waals surface area (Å²) >= 11 is 0. The Balaban J connectivity index is 2.52. The second kappa shape index (κ2) is 6.35. The van der Waals surface area contributed by atoms with Gasteiger partial charge in [-0.05, 0) is 30.7 Å². The van der Waals surface area contributed by atoms with Crippen LogP contribution in [-0.2, 0) is 4.74 Å². The summed E-state index contributed by atoms with van der Waals surface area (Å²) in [5, 5.41) is 3.68. The Bertz CT molecular complexity index is 217. The Morgan fingerprint density at radius 1 is 1.18 bits per heavy atom. The molecule has 1 aliphatic heterocycles. The molecule has 0 saturated carbocycles. The molecule has 0 bridgehead atoms. The summed E-state index contributed by atoms with van der Waals surface area (Å²) in [6.07, 6.45) is 2.50. The highest BCUT2D eigenvalue weighted by Crippen LogP contribution is 2.38. The number of ether oxygens (including phenoxy) is 1. The van der Waals surface area contributed by atoms with E-state index in [1.807, 2.05) is 0 Å². The van der Waals surface area contributed by atoms with E-state index >= 15 is 0 Å². The molecule has 0 aromatic heterocycles. The first kappa shape index (κ1) is 15.2. The molecule has 0 aliphatic carbocycles. The first-order valence-electron chi connectivity index (χ1n) is 7.12. The van der Waals surface area contributed by atoms with Crippen LogP contribution in [0.4, 0.5) is 0 Å². The number of hydrogen-bond acceptors (Lipinski definition) is 2. The van der Waals surface area contributed by atoms with E-state index in [2.05, 4.69) is 38.8 Å². The fourth-order valence-electron chi connectivity index (χ4n) is 2.97. The van der Waals surface area contributed by atoms with E-state index < -0.39 is 8.07 Å². The second-order valence-electron chi connectivity index (χ2n) is 7.37. The van der Waals surface area contributed by atoms with Gasteiger partial charge in [0.05, 0.1) is 0 Å². The van der Waals surface area contributed by atoms with Gasteiger partial charge in [0.25, 0.3) is 0 Å². The van der Waals surface area contributed by atoms with Gasteiger partial charge in [0.15, 0.2) is 0 Å². The summed E-state index contributed by atoms with van der Waals surface area (Å²) in [5.41, 5.74) is 0.525. The van der Waals surface area contributed by atoms with E-state index in [0.29, 0.717) is 5.41 Å². The molecular formula is C14H31NOSi. The van der Waals surface area contributed by atoms with Gasteiger partial charge in [-0.15, -0.1) is 0 Å². The monoisotopic (exact) mass is 257 g/mol. The van der Waals surface area contributed by atoms with Gasteiger partial charge in [-0.1, -0.05) is 39.5 Å². The molecule has 1 heterocycles.